The number of rotatable bonds is 12. The summed E-state index contributed by atoms with van der Waals surface area (Å²) in [6, 6.07) is 33.1. The second-order valence-electron chi connectivity index (χ2n) is 11.8. The summed E-state index contributed by atoms with van der Waals surface area (Å²) in [7, 11) is -6.85. The number of alkyl halides is 7. The van der Waals surface area contributed by atoms with Crippen molar-refractivity contribution in [2.45, 2.75) is 82.3 Å². The highest BCUT2D eigenvalue weighted by molar-refractivity contribution is 7.87. The van der Waals surface area contributed by atoms with Crippen molar-refractivity contribution in [3.05, 3.63) is 91.0 Å². The lowest BCUT2D eigenvalue weighted by Crippen LogP contribution is -2.55. The van der Waals surface area contributed by atoms with E-state index in [4.69, 9.17) is 9.29 Å². The van der Waals surface area contributed by atoms with E-state index in [9.17, 15) is 39.2 Å². The molecule has 5 aromatic rings. The zero-order chi connectivity index (χ0) is 36.0. The standard InChI is InChI=1S/C34H36O.C3HF7O3S/c1-3-5-6-7-18-29(13-4-2)35-34-30-19-11-10-14-25(30)21-22-32(34)31-20-12-17-28-23-26-15-8-9-16-27(26)24-33(28)31;4-1(5,2(6,7)8)3(9,10)14(11,12)13/h8-12,14-17,19-24,29H,3-7,13,18H2,1-2H3;(H,11,12,13). The molecule has 0 spiro atoms. The van der Waals surface area contributed by atoms with E-state index in [0.717, 1.165) is 25.0 Å². The molecule has 0 saturated carbocycles. The molecule has 0 amide bonds. The topological polar surface area (TPSA) is 63.6 Å². The van der Waals surface area contributed by atoms with Crippen LogP contribution in [-0.2, 0) is 10.1 Å². The van der Waals surface area contributed by atoms with E-state index in [2.05, 4.69) is 105 Å². The van der Waals surface area contributed by atoms with Crippen molar-refractivity contribution in [1.29, 1.82) is 0 Å². The molecule has 264 valence electrons. The first kappa shape index (κ1) is 37.9. The maximum Gasteiger partial charge on any atom is 0.461 e. The van der Waals surface area contributed by atoms with E-state index in [1.165, 1.54) is 69.1 Å². The fourth-order valence-corrected chi connectivity index (χ4v) is 6.10. The third-order valence-corrected chi connectivity index (χ3v) is 9.14. The molecule has 0 aliphatic rings. The Hall–Kier alpha value is -3.90. The third-order valence-electron chi connectivity index (χ3n) is 8.24. The molecule has 0 bridgehead atoms. The molecule has 5 rings (SSSR count). The molecule has 0 aliphatic heterocycles. The van der Waals surface area contributed by atoms with Crippen molar-refractivity contribution in [1.82, 2.24) is 0 Å². The normalized spacial score (nSPS) is 13.3. The van der Waals surface area contributed by atoms with Crippen molar-refractivity contribution in [2.24, 2.45) is 0 Å². The van der Waals surface area contributed by atoms with Crippen LogP contribution in [0.3, 0.4) is 0 Å². The predicted molar refractivity (Wildman–Crippen MR) is 180 cm³/mol. The van der Waals surface area contributed by atoms with Gasteiger partial charge in [-0.2, -0.15) is 39.2 Å². The van der Waals surface area contributed by atoms with Gasteiger partial charge in [0, 0.05) is 10.9 Å². The van der Waals surface area contributed by atoms with Crippen LogP contribution in [-0.4, -0.2) is 36.4 Å². The number of hydrogen-bond acceptors (Lipinski definition) is 3. The lowest BCUT2D eigenvalue weighted by Gasteiger charge is -2.25. The first-order valence-electron chi connectivity index (χ1n) is 15.9. The lowest BCUT2D eigenvalue weighted by molar-refractivity contribution is -0.333. The van der Waals surface area contributed by atoms with Crippen LogP contribution in [0.25, 0.3) is 43.4 Å². The summed E-state index contributed by atoms with van der Waals surface area (Å²) >= 11 is 0. The van der Waals surface area contributed by atoms with Crippen LogP contribution in [0, 0.1) is 0 Å². The van der Waals surface area contributed by atoms with E-state index in [1.807, 2.05) is 0 Å². The molecule has 0 radical (unpaired) electrons. The number of hydrogen-bond donors (Lipinski definition) is 1. The summed E-state index contributed by atoms with van der Waals surface area (Å²) in [5.74, 6) is -5.81. The number of halogens is 7. The molecule has 49 heavy (non-hydrogen) atoms. The van der Waals surface area contributed by atoms with Crippen LogP contribution in [0.2, 0.25) is 0 Å². The van der Waals surface area contributed by atoms with Crippen molar-refractivity contribution in [3.8, 4) is 16.9 Å². The fourth-order valence-electron chi connectivity index (χ4n) is 5.66. The van der Waals surface area contributed by atoms with Gasteiger partial charge in [0.2, 0.25) is 0 Å². The first-order chi connectivity index (χ1) is 23.0. The molecule has 1 atom stereocenters. The largest absolute Gasteiger partial charge is 0.489 e. The van der Waals surface area contributed by atoms with Gasteiger partial charge in [-0.25, -0.2) is 0 Å². The highest BCUT2D eigenvalue weighted by atomic mass is 32.2. The van der Waals surface area contributed by atoms with E-state index in [0.29, 0.717) is 0 Å². The molecular weight excluding hydrogens is 673 g/mol. The Labute approximate surface area is 280 Å². The third kappa shape index (κ3) is 8.29. The van der Waals surface area contributed by atoms with Gasteiger partial charge in [0.15, 0.2) is 0 Å². The summed E-state index contributed by atoms with van der Waals surface area (Å²) in [4.78, 5) is 0. The molecule has 12 heteroatoms. The fraction of sp³-hybridized carbons (Fsp3) is 0.351. The van der Waals surface area contributed by atoms with Gasteiger partial charge in [0.25, 0.3) is 0 Å². The van der Waals surface area contributed by atoms with E-state index >= 15 is 0 Å². The highest BCUT2D eigenvalue weighted by Gasteiger charge is 2.78. The molecule has 1 unspecified atom stereocenters. The van der Waals surface area contributed by atoms with Gasteiger partial charge in [-0.1, -0.05) is 112 Å². The molecular formula is C37H37F7O4S. The lowest BCUT2D eigenvalue weighted by atomic mass is 9.93. The SMILES string of the molecule is CCCCCCC(CCC)Oc1c(-c2cccc3cc4ccccc4cc23)ccc2ccccc12.O=S(=O)(O)C(F)(F)C(F)(F)C(F)(F)F. The predicted octanol–water partition coefficient (Wildman–Crippen LogP) is 12.0. The first-order valence-corrected chi connectivity index (χ1v) is 17.4. The average Bonchev–Trinajstić information content (AvgIpc) is 3.05. The zero-order valence-electron chi connectivity index (χ0n) is 26.9. The van der Waals surface area contributed by atoms with Crippen LogP contribution in [0.15, 0.2) is 91.0 Å². The van der Waals surface area contributed by atoms with Gasteiger partial charge in [-0.05, 0) is 70.0 Å². The number of unbranched alkanes of at least 4 members (excludes halogenated alkanes) is 3. The summed E-state index contributed by atoms with van der Waals surface area (Å²) in [6.07, 6.45) is 1.91. The van der Waals surface area contributed by atoms with Crippen LogP contribution in [0.1, 0.15) is 58.8 Å². The summed E-state index contributed by atoms with van der Waals surface area (Å²) in [6.45, 7) is 4.54. The molecule has 5 aromatic carbocycles. The van der Waals surface area contributed by atoms with Crippen LogP contribution in [0.5, 0.6) is 5.75 Å². The molecule has 0 saturated heterocycles. The zero-order valence-corrected chi connectivity index (χ0v) is 27.7. The Morgan fingerprint density at radius 3 is 1.84 bits per heavy atom. The van der Waals surface area contributed by atoms with Crippen LogP contribution < -0.4 is 4.74 Å². The smallest absolute Gasteiger partial charge is 0.461 e. The second kappa shape index (κ2) is 15.3. The summed E-state index contributed by atoms with van der Waals surface area (Å²) in [5.41, 5.74) is 2.44. The van der Waals surface area contributed by atoms with Gasteiger partial charge in [-0.15, -0.1) is 0 Å². The highest BCUT2D eigenvalue weighted by Crippen LogP contribution is 2.48. The Bertz CT molecular complexity index is 1990. The Morgan fingerprint density at radius 1 is 0.633 bits per heavy atom. The summed E-state index contributed by atoms with van der Waals surface area (Å²) < 4.78 is 115. The van der Waals surface area contributed by atoms with Gasteiger partial charge in [0.1, 0.15) is 5.75 Å². The molecule has 0 heterocycles. The van der Waals surface area contributed by atoms with Crippen molar-refractivity contribution < 1.29 is 48.4 Å². The number of benzene rings is 5. The minimum atomic E-state index is -6.85. The minimum absolute atomic E-state index is 0.247. The molecule has 1 N–H and O–H groups in total. The molecule has 0 aliphatic carbocycles. The maximum absolute atomic E-state index is 11.9. The van der Waals surface area contributed by atoms with Gasteiger partial charge in [-0.3, -0.25) is 4.55 Å². The second-order valence-corrected chi connectivity index (χ2v) is 13.3. The molecule has 0 aromatic heterocycles. The molecule has 0 fully saturated rings. The monoisotopic (exact) mass is 710 g/mol. The van der Waals surface area contributed by atoms with E-state index in [1.54, 1.807) is 0 Å². The number of fused-ring (bicyclic) bond motifs is 3. The number of ether oxygens (including phenoxy) is 1. The van der Waals surface area contributed by atoms with Gasteiger partial charge < -0.3 is 4.74 Å². The Balaban J connectivity index is 0.000000328. The van der Waals surface area contributed by atoms with Gasteiger partial charge >= 0.3 is 27.5 Å². The Kier molecular flexibility index (Phi) is 11.9. The quantitative estimate of drug-likeness (QED) is 0.0606. The van der Waals surface area contributed by atoms with E-state index < -0.39 is 27.5 Å². The van der Waals surface area contributed by atoms with Crippen LogP contribution >= 0.6 is 0 Å². The Morgan fingerprint density at radius 2 is 1.24 bits per heavy atom. The van der Waals surface area contributed by atoms with Crippen molar-refractivity contribution >= 4 is 42.4 Å². The molecule has 4 nitrogen and oxygen atoms in total. The minimum Gasteiger partial charge on any atom is -0.489 e. The van der Waals surface area contributed by atoms with Crippen LogP contribution in [0.4, 0.5) is 30.7 Å². The van der Waals surface area contributed by atoms with E-state index in [-0.39, 0.29) is 6.10 Å². The van der Waals surface area contributed by atoms with Gasteiger partial charge in [0.05, 0.1) is 6.10 Å². The summed E-state index contributed by atoms with van der Waals surface area (Å²) in [5, 5.41) is 0.928. The van der Waals surface area contributed by atoms with Crippen molar-refractivity contribution in [2.75, 3.05) is 0 Å². The van der Waals surface area contributed by atoms with Crippen molar-refractivity contribution in [3.63, 3.8) is 0 Å². The average molecular weight is 711 g/mol. The maximum atomic E-state index is 11.9.